The molecule has 3 aromatic rings. The maximum absolute atomic E-state index is 12.8. The summed E-state index contributed by atoms with van der Waals surface area (Å²) < 4.78 is 5.57. The van der Waals surface area contributed by atoms with Crippen molar-refractivity contribution in [2.75, 3.05) is 0 Å². The second kappa shape index (κ2) is 4.57. The lowest BCUT2D eigenvalue weighted by atomic mass is 9.74. The first-order chi connectivity index (χ1) is 10.3. The summed E-state index contributed by atoms with van der Waals surface area (Å²) >= 11 is 1.58. The van der Waals surface area contributed by atoms with Gasteiger partial charge in [-0.25, -0.2) is 4.79 Å². The van der Waals surface area contributed by atoms with E-state index in [9.17, 15) is 4.79 Å². The van der Waals surface area contributed by atoms with E-state index in [0.717, 1.165) is 16.0 Å². The minimum atomic E-state index is -0.841. The number of carbonyl (C=O) groups excluding carboxylic acids is 1. The predicted molar refractivity (Wildman–Crippen MR) is 82.7 cm³/mol. The van der Waals surface area contributed by atoms with Gasteiger partial charge in [-0.05, 0) is 23.1 Å². The molecule has 0 spiro atoms. The first-order valence-corrected chi connectivity index (χ1v) is 7.63. The number of fused-ring (bicyclic) bond motifs is 1. The Hall–Kier alpha value is -2.39. The van der Waals surface area contributed by atoms with E-state index >= 15 is 0 Å². The van der Waals surface area contributed by atoms with E-state index in [4.69, 9.17) is 4.74 Å². The number of benzene rings is 2. The molecule has 0 amide bonds. The summed E-state index contributed by atoms with van der Waals surface area (Å²) in [5, 5.41) is 1.99. The number of hydrogen-bond donors (Lipinski definition) is 0. The molecule has 1 aliphatic rings. The Balaban J connectivity index is 2.09. The zero-order valence-corrected chi connectivity index (χ0v) is 12.0. The van der Waals surface area contributed by atoms with Crippen LogP contribution in [-0.2, 0) is 10.2 Å². The molecule has 2 aromatic carbocycles. The van der Waals surface area contributed by atoms with Gasteiger partial charge >= 0.3 is 5.97 Å². The van der Waals surface area contributed by atoms with Crippen LogP contribution < -0.4 is 4.74 Å². The van der Waals surface area contributed by atoms with Crippen molar-refractivity contribution in [1.82, 2.24) is 0 Å². The predicted octanol–water partition coefficient (Wildman–Crippen LogP) is 4.00. The molecule has 0 unspecified atom stereocenters. The van der Waals surface area contributed by atoms with Crippen LogP contribution in [0.15, 0.2) is 72.1 Å². The van der Waals surface area contributed by atoms with Gasteiger partial charge in [-0.15, -0.1) is 11.3 Å². The molecule has 1 aromatic heterocycles. The monoisotopic (exact) mass is 292 g/mol. The van der Waals surface area contributed by atoms with Gasteiger partial charge in [0.25, 0.3) is 0 Å². The van der Waals surface area contributed by atoms with Crippen LogP contribution in [0.25, 0.3) is 0 Å². The molecule has 0 saturated heterocycles. The first kappa shape index (κ1) is 12.4. The van der Waals surface area contributed by atoms with Gasteiger partial charge in [0.15, 0.2) is 5.41 Å². The highest BCUT2D eigenvalue weighted by molar-refractivity contribution is 7.10. The number of ether oxygens (including phenoxy) is 1. The number of para-hydroxylation sites is 1. The number of esters is 1. The van der Waals surface area contributed by atoms with Crippen LogP contribution in [-0.4, -0.2) is 5.97 Å². The van der Waals surface area contributed by atoms with Crippen LogP contribution in [0.4, 0.5) is 0 Å². The van der Waals surface area contributed by atoms with Crippen molar-refractivity contribution in [1.29, 1.82) is 0 Å². The molecular formula is C18H12O2S. The van der Waals surface area contributed by atoms with E-state index in [1.807, 2.05) is 72.1 Å². The lowest BCUT2D eigenvalue weighted by molar-refractivity contribution is -0.135. The van der Waals surface area contributed by atoms with Crippen LogP contribution in [0.3, 0.4) is 0 Å². The number of thiophene rings is 1. The fourth-order valence-electron chi connectivity index (χ4n) is 2.98. The smallest absolute Gasteiger partial charge is 0.332 e. The highest BCUT2D eigenvalue weighted by Gasteiger charge is 2.52. The van der Waals surface area contributed by atoms with Crippen LogP contribution in [0.5, 0.6) is 5.75 Å². The van der Waals surface area contributed by atoms with E-state index in [2.05, 4.69) is 0 Å². The van der Waals surface area contributed by atoms with Crippen molar-refractivity contribution in [3.8, 4) is 5.75 Å². The van der Waals surface area contributed by atoms with Gasteiger partial charge in [-0.3, -0.25) is 0 Å². The molecule has 1 aliphatic heterocycles. The fraction of sp³-hybridized carbons (Fsp3) is 0.0556. The quantitative estimate of drug-likeness (QED) is 0.527. The third kappa shape index (κ3) is 1.61. The Morgan fingerprint density at radius 3 is 2.38 bits per heavy atom. The number of rotatable bonds is 2. The van der Waals surface area contributed by atoms with Crippen LogP contribution >= 0.6 is 11.3 Å². The second-order valence-corrected chi connectivity index (χ2v) is 5.93. The van der Waals surface area contributed by atoms with Crippen LogP contribution in [0, 0.1) is 0 Å². The molecule has 4 rings (SSSR count). The van der Waals surface area contributed by atoms with Crippen molar-refractivity contribution >= 4 is 17.3 Å². The lowest BCUT2D eigenvalue weighted by Crippen LogP contribution is -2.35. The average molecular weight is 292 g/mol. The summed E-state index contributed by atoms with van der Waals surface area (Å²) in [5.74, 6) is 0.428. The SMILES string of the molecule is O=C1Oc2ccccc2[C@]1(c1ccccc1)c1cccs1. The van der Waals surface area contributed by atoms with Gasteiger partial charge in [0.1, 0.15) is 5.75 Å². The maximum Gasteiger partial charge on any atom is 0.332 e. The molecule has 0 N–H and O–H groups in total. The van der Waals surface area contributed by atoms with Crippen molar-refractivity contribution in [3.63, 3.8) is 0 Å². The molecule has 0 bridgehead atoms. The highest BCUT2D eigenvalue weighted by atomic mass is 32.1. The molecule has 3 heteroatoms. The molecule has 21 heavy (non-hydrogen) atoms. The summed E-state index contributed by atoms with van der Waals surface area (Å²) in [6.07, 6.45) is 0. The molecule has 102 valence electrons. The molecule has 1 atom stereocenters. The summed E-state index contributed by atoms with van der Waals surface area (Å²) in [4.78, 5) is 13.8. The lowest BCUT2D eigenvalue weighted by Gasteiger charge is -2.25. The van der Waals surface area contributed by atoms with Gasteiger partial charge in [-0.2, -0.15) is 0 Å². The Morgan fingerprint density at radius 2 is 1.62 bits per heavy atom. The van der Waals surface area contributed by atoms with Crippen molar-refractivity contribution < 1.29 is 9.53 Å². The molecule has 0 saturated carbocycles. The summed E-state index contributed by atoms with van der Waals surface area (Å²) in [7, 11) is 0. The minimum absolute atomic E-state index is 0.225. The third-order valence-corrected chi connectivity index (χ3v) is 4.89. The van der Waals surface area contributed by atoms with E-state index in [1.54, 1.807) is 11.3 Å². The average Bonchev–Trinajstić information content (AvgIpc) is 3.14. The van der Waals surface area contributed by atoms with Crippen molar-refractivity contribution in [2.45, 2.75) is 5.41 Å². The van der Waals surface area contributed by atoms with E-state index in [0.29, 0.717) is 5.75 Å². The van der Waals surface area contributed by atoms with E-state index in [-0.39, 0.29) is 5.97 Å². The molecule has 0 aliphatic carbocycles. The number of carbonyl (C=O) groups is 1. The summed E-state index contributed by atoms with van der Waals surface area (Å²) in [6, 6.07) is 21.5. The Morgan fingerprint density at radius 1 is 0.857 bits per heavy atom. The van der Waals surface area contributed by atoms with E-state index < -0.39 is 5.41 Å². The van der Waals surface area contributed by atoms with Gasteiger partial charge in [-0.1, -0.05) is 54.6 Å². The van der Waals surface area contributed by atoms with E-state index in [1.165, 1.54) is 0 Å². The zero-order valence-electron chi connectivity index (χ0n) is 11.2. The fourth-order valence-corrected chi connectivity index (χ4v) is 3.93. The Bertz CT molecular complexity index is 793. The highest BCUT2D eigenvalue weighted by Crippen LogP contribution is 2.49. The Kier molecular flexibility index (Phi) is 2.69. The van der Waals surface area contributed by atoms with Crippen molar-refractivity contribution in [3.05, 3.63) is 88.1 Å². The van der Waals surface area contributed by atoms with Crippen LogP contribution in [0.1, 0.15) is 16.0 Å². The Labute approximate surface area is 126 Å². The number of hydrogen-bond acceptors (Lipinski definition) is 3. The first-order valence-electron chi connectivity index (χ1n) is 6.75. The van der Waals surface area contributed by atoms with Gasteiger partial charge < -0.3 is 4.74 Å². The van der Waals surface area contributed by atoms with Gasteiger partial charge in [0, 0.05) is 10.4 Å². The topological polar surface area (TPSA) is 26.3 Å². The van der Waals surface area contributed by atoms with Gasteiger partial charge in [0.05, 0.1) is 0 Å². The molecular weight excluding hydrogens is 280 g/mol. The molecule has 2 heterocycles. The summed E-state index contributed by atoms with van der Waals surface area (Å²) in [6.45, 7) is 0. The molecule has 0 radical (unpaired) electrons. The standard InChI is InChI=1S/C18H12O2S/c19-17-18(16-11-6-12-21-16,13-7-2-1-3-8-13)14-9-4-5-10-15(14)20-17/h1-12H/t18-/m1/s1. The van der Waals surface area contributed by atoms with Gasteiger partial charge in [0.2, 0.25) is 0 Å². The third-order valence-electron chi connectivity index (χ3n) is 3.90. The normalized spacial score (nSPS) is 20.1. The largest absolute Gasteiger partial charge is 0.425 e. The second-order valence-electron chi connectivity index (χ2n) is 4.98. The van der Waals surface area contributed by atoms with Crippen LogP contribution in [0.2, 0.25) is 0 Å². The maximum atomic E-state index is 12.8. The molecule has 2 nitrogen and oxygen atoms in total. The summed E-state index contributed by atoms with van der Waals surface area (Å²) in [5.41, 5.74) is 1.03. The minimum Gasteiger partial charge on any atom is -0.425 e. The van der Waals surface area contributed by atoms with Crippen molar-refractivity contribution in [2.24, 2.45) is 0 Å². The molecule has 0 fully saturated rings. The zero-order chi connectivity index (χ0) is 14.3.